The maximum absolute atomic E-state index is 12.9. The molecule has 2 N–H and O–H groups in total. The Morgan fingerprint density at radius 3 is 2.84 bits per heavy atom. The van der Waals surface area contributed by atoms with Crippen molar-refractivity contribution in [3.8, 4) is 0 Å². The highest BCUT2D eigenvalue weighted by Gasteiger charge is 2.34. The number of imidazole rings is 1. The third kappa shape index (κ3) is 4.43. The minimum absolute atomic E-state index is 0.239. The first-order valence-corrected chi connectivity index (χ1v) is 11.0. The highest BCUT2D eigenvalue weighted by atomic mass is 35.5. The van der Waals surface area contributed by atoms with Crippen LogP contribution in [0.15, 0.2) is 53.2 Å². The van der Waals surface area contributed by atoms with E-state index in [9.17, 15) is 9.59 Å². The molecule has 1 aliphatic heterocycles. The van der Waals surface area contributed by atoms with Crippen LogP contribution in [0.25, 0.3) is 4.96 Å². The number of carbonyl (C=O) groups excluding carboxylic acids is 2. The van der Waals surface area contributed by atoms with Gasteiger partial charge in [-0.25, -0.2) is 14.6 Å². The quantitative estimate of drug-likeness (QED) is 0.529. The number of likely N-dealkylation sites (N-methyl/N-ethyl adjacent to an activating group) is 1. The molecule has 1 aliphatic rings. The lowest BCUT2D eigenvalue weighted by Crippen LogP contribution is -2.48. The summed E-state index contributed by atoms with van der Waals surface area (Å²) < 4.78 is 7.25. The highest BCUT2D eigenvalue weighted by Crippen LogP contribution is 2.28. The van der Waals surface area contributed by atoms with Crippen molar-refractivity contribution in [2.45, 2.75) is 19.5 Å². The highest BCUT2D eigenvalue weighted by molar-refractivity contribution is 7.15. The molecule has 0 saturated carbocycles. The molecule has 0 saturated heterocycles. The fourth-order valence-corrected chi connectivity index (χ4v) is 4.63. The summed E-state index contributed by atoms with van der Waals surface area (Å²) in [5, 5.41) is 8.02. The largest absolute Gasteiger partial charge is 0.463 e. The second kappa shape index (κ2) is 9.09. The Morgan fingerprint density at radius 1 is 1.32 bits per heavy atom. The number of amides is 2. The van der Waals surface area contributed by atoms with Crippen LogP contribution in [0.1, 0.15) is 24.2 Å². The van der Waals surface area contributed by atoms with Crippen molar-refractivity contribution in [3.05, 3.63) is 69.6 Å². The number of halogens is 1. The van der Waals surface area contributed by atoms with Gasteiger partial charge < -0.3 is 15.4 Å². The Kier molecular flexibility index (Phi) is 6.26. The number of thiazole rings is 1. The topological polar surface area (TPSA) is 88.0 Å². The molecule has 0 bridgehead atoms. The molecule has 8 nitrogen and oxygen atoms in total. The first-order valence-electron chi connectivity index (χ1n) is 9.79. The molecule has 10 heteroatoms. The molecule has 0 aliphatic carbocycles. The van der Waals surface area contributed by atoms with Crippen molar-refractivity contribution in [1.82, 2.24) is 24.9 Å². The summed E-state index contributed by atoms with van der Waals surface area (Å²) in [4.78, 5) is 32.4. The molecule has 0 unspecified atom stereocenters. The molecule has 0 spiro atoms. The number of benzene rings is 1. The van der Waals surface area contributed by atoms with Gasteiger partial charge in [0.05, 0.1) is 23.9 Å². The van der Waals surface area contributed by atoms with Gasteiger partial charge in [-0.2, -0.15) is 0 Å². The van der Waals surface area contributed by atoms with Crippen LogP contribution in [0.5, 0.6) is 0 Å². The number of nitrogens with zero attached hydrogens (tertiary/aromatic N) is 3. The number of carbonyl (C=O) groups is 2. The normalized spacial score (nSPS) is 16.5. The Labute approximate surface area is 188 Å². The third-order valence-corrected chi connectivity index (χ3v) is 6.00. The summed E-state index contributed by atoms with van der Waals surface area (Å²) >= 11 is 7.83. The number of hydrogen-bond acceptors (Lipinski definition) is 6. The van der Waals surface area contributed by atoms with Gasteiger partial charge in [-0.05, 0) is 19.5 Å². The lowest BCUT2D eigenvalue weighted by Gasteiger charge is -2.31. The van der Waals surface area contributed by atoms with Gasteiger partial charge in [0, 0.05) is 30.4 Å². The van der Waals surface area contributed by atoms with E-state index in [1.165, 1.54) is 11.3 Å². The zero-order valence-electron chi connectivity index (χ0n) is 17.1. The molecular formula is C21H22ClN5O3S. The predicted octanol–water partition coefficient (Wildman–Crippen LogP) is 3.35. The average molecular weight is 460 g/mol. The van der Waals surface area contributed by atoms with Crippen LogP contribution >= 0.6 is 22.9 Å². The summed E-state index contributed by atoms with van der Waals surface area (Å²) in [6.45, 7) is 2.79. The van der Waals surface area contributed by atoms with E-state index in [-0.39, 0.29) is 12.6 Å². The number of urea groups is 1. The summed E-state index contributed by atoms with van der Waals surface area (Å²) in [5.41, 5.74) is 2.54. The minimum Gasteiger partial charge on any atom is -0.463 e. The van der Waals surface area contributed by atoms with Crippen LogP contribution in [0.4, 0.5) is 4.79 Å². The number of hydrogen-bond donors (Lipinski definition) is 2. The molecule has 1 aromatic carbocycles. The van der Waals surface area contributed by atoms with Gasteiger partial charge in [-0.1, -0.05) is 41.9 Å². The van der Waals surface area contributed by atoms with Crippen LogP contribution < -0.4 is 10.6 Å². The van der Waals surface area contributed by atoms with Crippen molar-refractivity contribution >= 4 is 39.9 Å². The van der Waals surface area contributed by atoms with Crippen molar-refractivity contribution in [2.24, 2.45) is 0 Å². The minimum atomic E-state index is -0.598. The van der Waals surface area contributed by atoms with E-state index in [2.05, 4.69) is 15.6 Å². The number of rotatable bonds is 7. The first kappa shape index (κ1) is 21.4. The summed E-state index contributed by atoms with van der Waals surface area (Å²) in [7, 11) is 1.89. The van der Waals surface area contributed by atoms with Crippen molar-refractivity contribution in [3.63, 3.8) is 0 Å². The van der Waals surface area contributed by atoms with E-state index >= 15 is 0 Å². The number of esters is 1. The van der Waals surface area contributed by atoms with Crippen molar-refractivity contribution in [1.29, 1.82) is 0 Å². The molecule has 2 amide bonds. The molecular weight excluding hydrogens is 438 g/mol. The zero-order valence-corrected chi connectivity index (χ0v) is 18.7. The molecule has 162 valence electrons. The van der Waals surface area contributed by atoms with E-state index in [4.69, 9.17) is 16.3 Å². The van der Waals surface area contributed by atoms with Crippen molar-refractivity contribution in [2.75, 3.05) is 20.2 Å². The first-order chi connectivity index (χ1) is 15.0. The van der Waals surface area contributed by atoms with E-state index < -0.39 is 12.0 Å². The molecule has 0 fully saturated rings. The Hall–Kier alpha value is -2.88. The molecule has 1 atom stereocenters. The number of aromatic nitrogens is 2. The fraction of sp³-hybridized carbons (Fsp3) is 0.286. The Morgan fingerprint density at radius 2 is 2.10 bits per heavy atom. The van der Waals surface area contributed by atoms with Crippen LogP contribution in [-0.2, 0) is 16.1 Å². The standard InChI is InChI=1S/C21H22ClN5O3S/c1-3-30-19(28)16-14(23-20(29)24-17(16)13-7-5-4-6-8-13)11-26(2)12-15-18(22)25-21-27(15)9-10-31-21/h4-10,17H,3,11-12H2,1-2H3,(H2,23,24,29)/t17-/m0/s1. The van der Waals surface area contributed by atoms with Gasteiger partial charge >= 0.3 is 12.0 Å². The second-order valence-electron chi connectivity index (χ2n) is 7.13. The zero-order chi connectivity index (χ0) is 22.0. The second-order valence-corrected chi connectivity index (χ2v) is 8.36. The molecule has 0 radical (unpaired) electrons. The van der Waals surface area contributed by atoms with Crippen LogP contribution in [0.3, 0.4) is 0 Å². The van der Waals surface area contributed by atoms with Crippen LogP contribution in [0.2, 0.25) is 5.15 Å². The van der Waals surface area contributed by atoms with E-state index in [1.54, 1.807) is 6.92 Å². The predicted molar refractivity (Wildman–Crippen MR) is 119 cm³/mol. The molecule has 3 aromatic rings. The van der Waals surface area contributed by atoms with Gasteiger partial charge in [-0.3, -0.25) is 9.30 Å². The third-order valence-electron chi connectivity index (χ3n) is 4.94. The maximum Gasteiger partial charge on any atom is 0.338 e. The number of fused-ring (bicyclic) bond motifs is 1. The number of nitrogens with one attached hydrogen (secondary N) is 2. The van der Waals surface area contributed by atoms with Crippen LogP contribution in [0, 0.1) is 0 Å². The van der Waals surface area contributed by atoms with E-state index in [0.717, 1.165) is 16.2 Å². The summed E-state index contributed by atoms with van der Waals surface area (Å²) in [6, 6.07) is 8.40. The van der Waals surface area contributed by atoms with Gasteiger partial charge in [0.15, 0.2) is 10.1 Å². The van der Waals surface area contributed by atoms with E-state index in [1.807, 2.05) is 58.3 Å². The number of ether oxygens (including phenoxy) is 1. The smallest absolute Gasteiger partial charge is 0.338 e. The fourth-order valence-electron chi connectivity index (χ4n) is 3.62. The van der Waals surface area contributed by atoms with Gasteiger partial charge in [0.2, 0.25) is 0 Å². The molecule has 3 heterocycles. The van der Waals surface area contributed by atoms with Gasteiger partial charge in [0.25, 0.3) is 0 Å². The monoisotopic (exact) mass is 459 g/mol. The maximum atomic E-state index is 12.9. The lowest BCUT2D eigenvalue weighted by atomic mass is 9.95. The Bertz CT molecular complexity index is 1140. The van der Waals surface area contributed by atoms with Gasteiger partial charge in [0.1, 0.15) is 0 Å². The molecule has 2 aromatic heterocycles. The summed E-state index contributed by atoms with van der Waals surface area (Å²) in [5.74, 6) is -0.463. The SMILES string of the molecule is CCOC(=O)C1=C(CN(C)Cc2c(Cl)nc3sccn23)NC(=O)N[C@H]1c1ccccc1. The van der Waals surface area contributed by atoms with Crippen molar-refractivity contribution < 1.29 is 14.3 Å². The lowest BCUT2D eigenvalue weighted by molar-refractivity contribution is -0.139. The molecule has 31 heavy (non-hydrogen) atoms. The summed E-state index contributed by atoms with van der Waals surface area (Å²) in [6.07, 6.45) is 1.92. The average Bonchev–Trinajstić information content (AvgIpc) is 3.30. The molecule has 4 rings (SSSR count). The van der Waals surface area contributed by atoms with E-state index in [0.29, 0.717) is 29.5 Å². The van der Waals surface area contributed by atoms with Gasteiger partial charge in [-0.15, -0.1) is 11.3 Å². The Balaban J connectivity index is 1.66. The van der Waals surface area contributed by atoms with Crippen LogP contribution in [-0.4, -0.2) is 46.5 Å².